The molecule has 9 heteroatoms. The minimum atomic E-state index is -4.95. The lowest BCUT2D eigenvalue weighted by atomic mass is 10.2. The molecule has 114 valence electrons. The number of halogens is 3. The van der Waals surface area contributed by atoms with E-state index in [1.807, 2.05) is 0 Å². The van der Waals surface area contributed by atoms with Crippen LogP contribution in [0, 0.1) is 0 Å². The topological polar surface area (TPSA) is 69.0 Å². The Kier molecular flexibility index (Phi) is 3.56. The predicted molar refractivity (Wildman–Crippen MR) is 68.6 cm³/mol. The van der Waals surface area contributed by atoms with Crippen LogP contribution in [-0.2, 0) is 28.1 Å². The van der Waals surface area contributed by atoms with Gasteiger partial charge in [-0.3, -0.25) is 4.79 Å². The van der Waals surface area contributed by atoms with Crippen LogP contribution in [0.5, 0.6) is 0 Å². The third-order valence-corrected chi connectivity index (χ3v) is 4.13. The summed E-state index contributed by atoms with van der Waals surface area (Å²) in [6.07, 6.45) is -4.90. The van der Waals surface area contributed by atoms with Gasteiger partial charge in [-0.05, 0) is 12.1 Å². The molecule has 0 aliphatic heterocycles. The third-order valence-electron chi connectivity index (χ3n) is 3.00. The number of hydrogen-bond donors (Lipinski definition) is 0. The van der Waals surface area contributed by atoms with Crippen molar-refractivity contribution < 1.29 is 26.4 Å². The minimum Gasteiger partial charge on any atom is -0.331 e. The summed E-state index contributed by atoms with van der Waals surface area (Å²) in [5.74, 6) is -2.06. The van der Waals surface area contributed by atoms with E-state index in [1.54, 1.807) is 0 Å². The van der Waals surface area contributed by atoms with Gasteiger partial charge in [0.2, 0.25) is 5.78 Å². The Hall–Kier alpha value is -1.90. The number of sulfone groups is 1. The highest BCUT2D eigenvalue weighted by Crippen LogP contribution is 2.25. The van der Waals surface area contributed by atoms with Crippen LogP contribution in [0.15, 0.2) is 23.1 Å². The molecule has 0 N–H and O–H groups in total. The van der Waals surface area contributed by atoms with Crippen LogP contribution in [0.25, 0.3) is 11.0 Å². The maximum atomic E-state index is 12.3. The van der Waals surface area contributed by atoms with Crippen LogP contribution >= 0.6 is 0 Å². The Morgan fingerprint density at radius 1 is 1.33 bits per heavy atom. The molecule has 2 rings (SSSR count). The van der Waals surface area contributed by atoms with Gasteiger partial charge in [-0.15, -0.1) is 0 Å². The van der Waals surface area contributed by atoms with Crippen LogP contribution in [0.2, 0.25) is 0 Å². The molecule has 0 fully saturated rings. The summed E-state index contributed by atoms with van der Waals surface area (Å²) < 4.78 is 61.5. The number of Topliss-reactive ketones (excluding diaryl/α,β-unsaturated/α-hetero) is 1. The van der Waals surface area contributed by atoms with Gasteiger partial charge in [0.1, 0.15) is 11.3 Å². The summed E-state index contributed by atoms with van der Waals surface area (Å²) in [5, 5.41) is 0. The normalized spacial score (nSPS) is 12.8. The Morgan fingerprint density at radius 2 is 1.95 bits per heavy atom. The number of benzene rings is 1. The molecule has 0 radical (unpaired) electrons. The van der Waals surface area contributed by atoms with Gasteiger partial charge in [0, 0.05) is 13.3 Å². The van der Waals surface area contributed by atoms with Gasteiger partial charge >= 0.3 is 6.18 Å². The lowest BCUT2D eigenvalue weighted by Gasteiger charge is -2.05. The van der Waals surface area contributed by atoms with Crippen molar-refractivity contribution >= 4 is 26.7 Å². The largest absolute Gasteiger partial charge is 0.450 e. The molecular formula is C12H11F3N2O3S. The first kappa shape index (κ1) is 15.5. The Labute approximate surface area is 118 Å². The lowest BCUT2D eigenvalue weighted by molar-refractivity contribution is -0.170. The second-order valence-electron chi connectivity index (χ2n) is 4.58. The second-order valence-corrected chi connectivity index (χ2v) is 6.56. The van der Waals surface area contributed by atoms with Crippen LogP contribution in [0.3, 0.4) is 0 Å². The standard InChI is InChI=1S/C12H11F3N2O3S/c1-17-7-4-3-5-8(21(2,19)20)11(7)16-10(17)6-9(18)12(13,14)15/h3-5H,6H2,1-2H3. The molecule has 0 bridgehead atoms. The monoisotopic (exact) mass is 320 g/mol. The number of fused-ring (bicyclic) bond motifs is 1. The van der Waals surface area contributed by atoms with Gasteiger partial charge in [0.25, 0.3) is 0 Å². The molecule has 5 nitrogen and oxygen atoms in total. The van der Waals surface area contributed by atoms with E-state index in [2.05, 4.69) is 4.98 Å². The fourth-order valence-electron chi connectivity index (χ4n) is 1.94. The van der Waals surface area contributed by atoms with Crippen LogP contribution in [0.4, 0.5) is 13.2 Å². The summed E-state index contributed by atoms with van der Waals surface area (Å²) in [6, 6.07) is 4.31. The van der Waals surface area contributed by atoms with E-state index in [4.69, 9.17) is 0 Å². The number of carbonyl (C=O) groups excluding carboxylic acids is 1. The van der Waals surface area contributed by atoms with E-state index in [0.717, 1.165) is 6.26 Å². The van der Waals surface area contributed by atoms with Crippen molar-refractivity contribution in [2.75, 3.05) is 6.26 Å². The molecule has 0 unspecified atom stereocenters. The molecule has 1 aromatic carbocycles. The number of nitrogens with zero attached hydrogens (tertiary/aromatic N) is 2. The van der Waals surface area contributed by atoms with E-state index in [9.17, 15) is 26.4 Å². The molecule has 0 atom stereocenters. The van der Waals surface area contributed by atoms with Gasteiger partial charge in [-0.25, -0.2) is 13.4 Å². The predicted octanol–water partition coefficient (Wildman–Crippen LogP) is 1.65. The van der Waals surface area contributed by atoms with Gasteiger partial charge in [-0.2, -0.15) is 13.2 Å². The summed E-state index contributed by atoms with van der Waals surface area (Å²) in [5.41, 5.74) is 0.412. The van der Waals surface area contributed by atoms with Crippen molar-refractivity contribution in [1.82, 2.24) is 9.55 Å². The quantitative estimate of drug-likeness (QED) is 0.862. The number of aryl methyl sites for hydroxylation is 1. The molecule has 0 saturated heterocycles. The second kappa shape index (κ2) is 4.83. The van der Waals surface area contributed by atoms with Gasteiger partial charge < -0.3 is 4.57 Å². The molecule has 0 saturated carbocycles. The number of para-hydroxylation sites is 1. The maximum absolute atomic E-state index is 12.3. The van der Waals surface area contributed by atoms with Crippen molar-refractivity contribution in [3.8, 4) is 0 Å². The van der Waals surface area contributed by atoms with E-state index in [0.29, 0.717) is 5.52 Å². The smallest absolute Gasteiger partial charge is 0.331 e. The lowest BCUT2D eigenvalue weighted by Crippen LogP contribution is -2.25. The molecular weight excluding hydrogens is 309 g/mol. The molecule has 0 amide bonds. The van der Waals surface area contributed by atoms with E-state index in [-0.39, 0.29) is 16.2 Å². The minimum absolute atomic E-state index is 0.0625. The fourth-order valence-corrected chi connectivity index (χ4v) is 2.77. The molecule has 0 aliphatic carbocycles. The molecule has 0 spiro atoms. The van der Waals surface area contributed by atoms with Gasteiger partial charge in [0.05, 0.1) is 16.8 Å². The number of hydrogen-bond acceptors (Lipinski definition) is 4. The average Bonchev–Trinajstić information content (AvgIpc) is 2.64. The number of ketones is 1. The van der Waals surface area contributed by atoms with Crippen LogP contribution < -0.4 is 0 Å². The zero-order valence-electron chi connectivity index (χ0n) is 11.1. The first-order valence-electron chi connectivity index (χ1n) is 5.76. The molecule has 2 aromatic rings. The van der Waals surface area contributed by atoms with Crippen molar-refractivity contribution in [3.63, 3.8) is 0 Å². The van der Waals surface area contributed by atoms with Crippen molar-refractivity contribution in [1.29, 1.82) is 0 Å². The summed E-state index contributed by atoms with van der Waals surface area (Å²) in [4.78, 5) is 14.9. The van der Waals surface area contributed by atoms with Crippen LogP contribution in [-0.4, -0.2) is 36.2 Å². The molecule has 1 aromatic heterocycles. The number of aromatic nitrogens is 2. The van der Waals surface area contributed by atoms with Gasteiger partial charge in [0.15, 0.2) is 9.84 Å². The van der Waals surface area contributed by atoms with E-state index in [1.165, 1.54) is 29.8 Å². The highest BCUT2D eigenvalue weighted by atomic mass is 32.2. The average molecular weight is 320 g/mol. The number of imidazole rings is 1. The van der Waals surface area contributed by atoms with Crippen molar-refractivity contribution in [3.05, 3.63) is 24.0 Å². The van der Waals surface area contributed by atoms with E-state index >= 15 is 0 Å². The zero-order valence-corrected chi connectivity index (χ0v) is 11.9. The Morgan fingerprint density at radius 3 is 2.48 bits per heavy atom. The number of carbonyl (C=O) groups is 1. The highest BCUT2D eigenvalue weighted by Gasteiger charge is 2.38. The first-order valence-corrected chi connectivity index (χ1v) is 7.65. The van der Waals surface area contributed by atoms with Crippen molar-refractivity contribution in [2.24, 2.45) is 7.05 Å². The molecule has 0 aliphatic rings. The van der Waals surface area contributed by atoms with Crippen molar-refractivity contribution in [2.45, 2.75) is 17.5 Å². The summed E-state index contributed by atoms with van der Waals surface area (Å²) in [6.45, 7) is 0. The molecule has 21 heavy (non-hydrogen) atoms. The molecule has 1 heterocycles. The summed E-state index contributed by atoms with van der Waals surface area (Å²) >= 11 is 0. The number of alkyl halides is 3. The summed E-state index contributed by atoms with van der Waals surface area (Å²) in [7, 11) is -2.14. The Bertz CT molecular complexity index is 822. The SMILES string of the molecule is Cn1c(CC(=O)C(F)(F)F)nc2c(S(C)(=O)=O)cccc21. The van der Waals surface area contributed by atoms with Gasteiger partial charge in [-0.1, -0.05) is 6.07 Å². The highest BCUT2D eigenvalue weighted by molar-refractivity contribution is 7.91. The van der Waals surface area contributed by atoms with Crippen LogP contribution in [0.1, 0.15) is 5.82 Å². The zero-order chi connectivity index (χ0) is 16.0. The number of rotatable bonds is 3. The van der Waals surface area contributed by atoms with E-state index < -0.39 is 28.2 Å². The maximum Gasteiger partial charge on any atom is 0.450 e. The third kappa shape index (κ3) is 2.92. The Balaban J connectivity index is 2.59. The first-order chi connectivity index (χ1) is 9.51. The fraction of sp³-hybridized carbons (Fsp3) is 0.333.